The van der Waals surface area contributed by atoms with Crippen LogP contribution in [0, 0.1) is 11.8 Å². The number of ether oxygens (including phenoxy) is 2. The van der Waals surface area contributed by atoms with Crippen LogP contribution in [0.15, 0.2) is 30.6 Å². The molecule has 0 radical (unpaired) electrons. The Morgan fingerprint density at radius 3 is 2.44 bits per heavy atom. The zero-order chi connectivity index (χ0) is 18.1. The van der Waals surface area contributed by atoms with Gasteiger partial charge in [0.1, 0.15) is 28.5 Å². The molecule has 7 nitrogen and oxygen atoms in total. The highest BCUT2D eigenvalue weighted by atomic mass is 35.5. The molecule has 0 saturated carbocycles. The van der Waals surface area contributed by atoms with Gasteiger partial charge in [0, 0.05) is 43.0 Å². The quantitative estimate of drug-likeness (QED) is 0.669. The van der Waals surface area contributed by atoms with Crippen molar-refractivity contribution >= 4 is 23.7 Å². The molecule has 3 N–H and O–H groups in total. The molecule has 140 valence electrons. The maximum atomic E-state index is 6.09. The third-order valence-corrected chi connectivity index (χ3v) is 4.43. The summed E-state index contributed by atoms with van der Waals surface area (Å²) in [5, 5.41) is 3.27. The predicted octanol–water partition coefficient (Wildman–Crippen LogP) is 1.84. The molecule has 2 aromatic heterocycles. The number of nitrogens with one attached hydrogen (secondary N) is 1. The van der Waals surface area contributed by atoms with E-state index in [1.165, 1.54) is 0 Å². The lowest BCUT2D eigenvalue weighted by atomic mass is 10.0. The lowest BCUT2D eigenvalue weighted by Crippen LogP contribution is -2.40. The summed E-state index contributed by atoms with van der Waals surface area (Å²) in [4.78, 5) is 8.93. The van der Waals surface area contributed by atoms with Crippen molar-refractivity contribution in [2.45, 2.75) is 5.92 Å². The van der Waals surface area contributed by atoms with Gasteiger partial charge < -0.3 is 20.5 Å². The van der Waals surface area contributed by atoms with E-state index in [1.54, 1.807) is 26.5 Å². The Morgan fingerprint density at radius 2 is 1.85 bits per heavy atom. The minimum absolute atomic E-state index is 0. The van der Waals surface area contributed by atoms with Gasteiger partial charge >= 0.3 is 0 Å². The van der Waals surface area contributed by atoms with Crippen LogP contribution >= 0.6 is 12.4 Å². The molecule has 1 aliphatic rings. The maximum Gasteiger partial charge on any atom is 0.150 e. The molecule has 0 unspecified atom stereocenters. The van der Waals surface area contributed by atoms with Gasteiger partial charge in [-0.1, -0.05) is 5.92 Å². The fourth-order valence-corrected chi connectivity index (χ4v) is 2.94. The van der Waals surface area contributed by atoms with Gasteiger partial charge in [0.05, 0.1) is 14.2 Å². The average Bonchev–Trinajstić information content (AvgIpc) is 2.98. The van der Waals surface area contributed by atoms with Crippen molar-refractivity contribution in [2.75, 3.05) is 33.0 Å². The molecule has 0 amide bonds. The highest BCUT2D eigenvalue weighted by Crippen LogP contribution is 2.25. The molecule has 0 atom stereocenters. The third kappa shape index (κ3) is 3.50. The van der Waals surface area contributed by atoms with E-state index >= 15 is 0 Å². The SMILES string of the molecule is COc1cc(C#Cc2nc(C3CNC3)n3ccnc(N)c23)cc(OC)c1.Cl. The lowest BCUT2D eigenvalue weighted by molar-refractivity contribution is 0.394. The molecular formula is C19H20ClN5O2. The standard InChI is InChI=1S/C19H19N5O2.ClH/c1-25-14-7-12(8-15(9-14)26-2)3-4-16-17-18(20)22-5-6-24(17)19(23-16)13-10-21-11-13;/h5-9,13,21H,10-11H2,1-2H3,(H2,20,22);1H. The molecule has 27 heavy (non-hydrogen) atoms. The first kappa shape index (κ1) is 18.8. The van der Waals surface area contributed by atoms with E-state index in [2.05, 4.69) is 22.1 Å². The number of nitrogen functional groups attached to an aromatic ring is 1. The summed E-state index contributed by atoms with van der Waals surface area (Å²) in [5.41, 5.74) is 8.24. The first-order chi connectivity index (χ1) is 12.7. The van der Waals surface area contributed by atoms with E-state index < -0.39 is 0 Å². The van der Waals surface area contributed by atoms with Crippen LogP contribution < -0.4 is 20.5 Å². The molecule has 1 aromatic carbocycles. The van der Waals surface area contributed by atoms with Gasteiger partial charge in [0.15, 0.2) is 5.82 Å². The zero-order valence-corrected chi connectivity index (χ0v) is 15.8. The summed E-state index contributed by atoms with van der Waals surface area (Å²) in [6.07, 6.45) is 3.57. The van der Waals surface area contributed by atoms with Crippen LogP contribution in [-0.4, -0.2) is 41.7 Å². The molecule has 4 rings (SSSR count). The number of benzene rings is 1. The smallest absolute Gasteiger partial charge is 0.150 e. The van der Waals surface area contributed by atoms with Crippen molar-refractivity contribution < 1.29 is 9.47 Å². The van der Waals surface area contributed by atoms with Crippen LogP contribution in [0.5, 0.6) is 11.5 Å². The van der Waals surface area contributed by atoms with Crippen molar-refractivity contribution in [3.8, 4) is 23.3 Å². The maximum absolute atomic E-state index is 6.09. The Kier molecular flexibility index (Phi) is 5.40. The second-order valence-corrected chi connectivity index (χ2v) is 6.06. The van der Waals surface area contributed by atoms with Crippen molar-refractivity contribution in [3.63, 3.8) is 0 Å². The second kappa shape index (κ2) is 7.74. The molecule has 0 bridgehead atoms. The summed E-state index contributed by atoms with van der Waals surface area (Å²) in [6, 6.07) is 5.51. The number of hydrogen-bond acceptors (Lipinski definition) is 6. The van der Waals surface area contributed by atoms with Crippen LogP contribution in [-0.2, 0) is 0 Å². The number of imidazole rings is 1. The number of halogens is 1. The number of nitrogens with zero attached hydrogens (tertiary/aromatic N) is 3. The van der Waals surface area contributed by atoms with Gasteiger partial charge in [-0.15, -0.1) is 12.4 Å². The summed E-state index contributed by atoms with van der Waals surface area (Å²) in [7, 11) is 3.22. The number of nitrogens with two attached hydrogens (primary N) is 1. The number of aromatic nitrogens is 3. The number of hydrogen-bond donors (Lipinski definition) is 2. The topological polar surface area (TPSA) is 86.7 Å². The highest BCUT2D eigenvalue weighted by Gasteiger charge is 2.25. The molecule has 0 aliphatic carbocycles. The third-order valence-electron chi connectivity index (χ3n) is 4.43. The number of methoxy groups -OCH3 is 2. The highest BCUT2D eigenvalue weighted by molar-refractivity contribution is 5.85. The normalized spacial score (nSPS) is 13.3. The van der Waals surface area contributed by atoms with Gasteiger partial charge in [-0.3, -0.25) is 4.40 Å². The minimum Gasteiger partial charge on any atom is -0.497 e. The first-order valence-electron chi connectivity index (χ1n) is 8.28. The average molecular weight is 386 g/mol. The van der Waals surface area contributed by atoms with Gasteiger partial charge in [-0.05, 0) is 18.1 Å². The molecule has 1 aliphatic heterocycles. The summed E-state index contributed by atoms with van der Waals surface area (Å²) < 4.78 is 12.6. The van der Waals surface area contributed by atoms with Crippen LogP contribution in [0.4, 0.5) is 5.82 Å². The van der Waals surface area contributed by atoms with Crippen LogP contribution in [0.25, 0.3) is 5.52 Å². The van der Waals surface area contributed by atoms with E-state index in [4.69, 9.17) is 20.2 Å². The summed E-state index contributed by atoms with van der Waals surface area (Å²) in [5.74, 6) is 9.38. The Hall–Kier alpha value is -2.95. The van der Waals surface area contributed by atoms with E-state index in [1.807, 2.05) is 22.7 Å². The zero-order valence-electron chi connectivity index (χ0n) is 15.0. The minimum atomic E-state index is 0. The van der Waals surface area contributed by atoms with Crippen LogP contribution in [0.2, 0.25) is 0 Å². The molecule has 1 fully saturated rings. The molecule has 3 aromatic rings. The van der Waals surface area contributed by atoms with Gasteiger partial charge in [0.25, 0.3) is 0 Å². The van der Waals surface area contributed by atoms with E-state index in [0.717, 1.165) is 30.0 Å². The van der Waals surface area contributed by atoms with Crippen molar-refractivity contribution in [1.29, 1.82) is 0 Å². The van der Waals surface area contributed by atoms with Crippen LogP contribution in [0.1, 0.15) is 23.0 Å². The van der Waals surface area contributed by atoms with Crippen molar-refractivity contribution in [3.05, 3.63) is 47.7 Å². The van der Waals surface area contributed by atoms with Gasteiger partial charge in [0.2, 0.25) is 0 Å². The van der Waals surface area contributed by atoms with E-state index in [-0.39, 0.29) is 12.4 Å². The largest absolute Gasteiger partial charge is 0.497 e. The van der Waals surface area contributed by atoms with Crippen molar-refractivity contribution in [1.82, 2.24) is 19.7 Å². The Balaban J connectivity index is 0.00000210. The van der Waals surface area contributed by atoms with E-state index in [0.29, 0.717) is 28.9 Å². The molecule has 8 heteroatoms. The molecule has 3 heterocycles. The Morgan fingerprint density at radius 1 is 1.15 bits per heavy atom. The second-order valence-electron chi connectivity index (χ2n) is 6.06. The number of rotatable bonds is 3. The molecule has 1 saturated heterocycles. The van der Waals surface area contributed by atoms with E-state index in [9.17, 15) is 0 Å². The first-order valence-corrected chi connectivity index (χ1v) is 8.28. The van der Waals surface area contributed by atoms with Gasteiger partial charge in [-0.25, -0.2) is 9.97 Å². The molecular weight excluding hydrogens is 366 g/mol. The van der Waals surface area contributed by atoms with Crippen LogP contribution in [0.3, 0.4) is 0 Å². The lowest BCUT2D eigenvalue weighted by Gasteiger charge is -2.25. The Bertz CT molecular complexity index is 1010. The van der Waals surface area contributed by atoms with Crippen molar-refractivity contribution in [2.24, 2.45) is 0 Å². The fourth-order valence-electron chi connectivity index (χ4n) is 2.94. The number of fused-ring (bicyclic) bond motifs is 1. The number of anilines is 1. The molecule has 0 spiro atoms. The Labute approximate surface area is 163 Å². The predicted molar refractivity (Wildman–Crippen MR) is 106 cm³/mol. The summed E-state index contributed by atoms with van der Waals surface area (Å²) >= 11 is 0. The van der Waals surface area contributed by atoms with Gasteiger partial charge in [-0.2, -0.15) is 0 Å². The fraction of sp³-hybridized carbons (Fsp3) is 0.263. The monoisotopic (exact) mass is 385 g/mol. The summed E-state index contributed by atoms with van der Waals surface area (Å²) in [6.45, 7) is 1.81.